The minimum absolute atomic E-state index is 0.132. The van der Waals surface area contributed by atoms with E-state index in [4.69, 9.17) is 27.9 Å². The highest BCUT2D eigenvalue weighted by Crippen LogP contribution is 2.31. The third-order valence-electron chi connectivity index (χ3n) is 4.09. The Morgan fingerprint density at radius 1 is 0.893 bits per heavy atom. The van der Waals surface area contributed by atoms with Crippen LogP contribution in [0.25, 0.3) is 5.57 Å². The van der Waals surface area contributed by atoms with Crippen LogP contribution in [-0.4, -0.2) is 5.97 Å². The van der Waals surface area contributed by atoms with Gasteiger partial charge in [-0.3, -0.25) is 0 Å². The van der Waals surface area contributed by atoms with Crippen molar-refractivity contribution in [1.29, 1.82) is 5.26 Å². The lowest BCUT2D eigenvalue weighted by atomic mass is 9.93. The first-order valence-electron chi connectivity index (χ1n) is 8.43. The molecule has 138 valence electrons. The van der Waals surface area contributed by atoms with Crippen molar-refractivity contribution in [3.05, 3.63) is 105 Å². The Bertz CT molecular complexity index is 1070. The number of hydrogen-bond acceptors (Lipinski definition) is 3. The summed E-state index contributed by atoms with van der Waals surface area (Å²) in [5.41, 5.74) is 2.31. The Morgan fingerprint density at radius 3 is 1.96 bits per heavy atom. The number of nitrogens with zero attached hydrogens (tertiary/aromatic N) is 1. The van der Waals surface area contributed by atoms with Gasteiger partial charge in [-0.2, -0.15) is 5.26 Å². The summed E-state index contributed by atoms with van der Waals surface area (Å²) in [5.74, 6) is -0.344. The van der Waals surface area contributed by atoms with Gasteiger partial charge in [0.1, 0.15) is 17.4 Å². The molecule has 28 heavy (non-hydrogen) atoms. The number of para-hydroxylation sites is 1. The zero-order valence-electron chi connectivity index (χ0n) is 14.9. The second-order valence-corrected chi connectivity index (χ2v) is 6.91. The van der Waals surface area contributed by atoms with Crippen LogP contribution in [0.2, 0.25) is 10.0 Å². The van der Waals surface area contributed by atoms with Crippen LogP contribution >= 0.6 is 23.2 Å². The molecule has 0 heterocycles. The highest BCUT2D eigenvalue weighted by molar-refractivity contribution is 6.31. The van der Waals surface area contributed by atoms with E-state index in [0.717, 1.165) is 5.56 Å². The van der Waals surface area contributed by atoms with Crippen molar-refractivity contribution >= 4 is 34.7 Å². The molecule has 0 radical (unpaired) electrons. The molecular weight excluding hydrogens is 393 g/mol. The topological polar surface area (TPSA) is 50.1 Å². The van der Waals surface area contributed by atoms with Crippen LogP contribution in [0.4, 0.5) is 0 Å². The minimum Gasteiger partial charge on any atom is -0.422 e. The fourth-order valence-corrected chi connectivity index (χ4v) is 3.15. The molecule has 0 aromatic heterocycles. The Labute approximate surface area is 173 Å². The first kappa shape index (κ1) is 19.7. The zero-order chi connectivity index (χ0) is 20.1. The molecular formula is C23H15Cl2NO2. The molecule has 0 unspecified atom stereocenters. The molecule has 3 aromatic rings. The standard InChI is InChI=1S/C23H15Cl2NO2/c1-15-6-2-3-11-21(15)28-23(27)20(14-26)22(16-7-4-9-18(24)12-16)17-8-5-10-19(25)13-17/h2-13H,1H3. The summed E-state index contributed by atoms with van der Waals surface area (Å²) in [6, 6.07) is 23.0. The van der Waals surface area contributed by atoms with Crippen molar-refractivity contribution in [2.75, 3.05) is 0 Å². The molecule has 3 nitrogen and oxygen atoms in total. The Kier molecular flexibility index (Phi) is 6.16. The van der Waals surface area contributed by atoms with Crippen molar-refractivity contribution in [1.82, 2.24) is 0 Å². The molecule has 0 amide bonds. The number of benzene rings is 3. The Balaban J connectivity index is 2.17. The average Bonchev–Trinajstić information content (AvgIpc) is 2.67. The molecule has 0 aliphatic carbocycles. The monoisotopic (exact) mass is 407 g/mol. The van der Waals surface area contributed by atoms with Gasteiger partial charge in [0, 0.05) is 15.6 Å². The quantitative estimate of drug-likeness (QED) is 0.222. The number of esters is 1. The molecule has 0 atom stereocenters. The number of carbonyl (C=O) groups excluding carboxylic acids is 1. The first-order valence-corrected chi connectivity index (χ1v) is 9.19. The third kappa shape index (κ3) is 4.43. The van der Waals surface area contributed by atoms with Gasteiger partial charge in [-0.15, -0.1) is 0 Å². The Hall–Kier alpha value is -3.06. The van der Waals surface area contributed by atoms with E-state index in [1.165, 1.54) is 0 Å². The molecule has 0 N–H and O–H groups in total. The van der Waals surface area contributed by atoms with E-state index in [-0.39, 0.29) is 5.57 Å². The second kappa shape index (κ2) is 8.75. The van der Waals surface area contributed by atoms with Gasteiger partial charge >= 0.3 is 5.97 Å². The van der Waals surface area contributed by atoms with Gasteiger partial charge in [0.2, 0.25) is 0 Å². The van der Waals surface area contributed by atoms with Crippen LogP contribution in [0.1, 0.15) is 16.7 Å². The highest BCUT2D eigenvalue weighted by atomic mass is 35.5. The van der Waals surface area contributed by atoms with Crippen LogP contribution in [0.15, 0.2) is 78.4 Å². The maximum Gasteiger partial charge on any atom is 0.354 e. The summed E-state index contributed by atoms with van der Waals surface area (Å²) >= 11 is 12.3. The fraction of sp³-hybridized carbons (Fsp3) is 0.0435. The van der Waals surface area contributed by atoms with Crippen LogP contribution in [0.5, 0.6) is 5.75 Å². The van der Waals surface area contributed by atoms with Gasteiger partial charge in [0.05, 0.1) is 0 Å². The van der Waals surface area contributed by atoms with Crippen LogP contribution < -0.4 is 4.74 Å². The lowest BCUT2D eigenvalue weighted by molar-refractivity contribution is -0.129. The molecule has 0 spiro atoms. The predicted octanol–water partition coefficient (Wildman–Crippen LogP) is 6.23. The molecule has 0 saturated carbocycles. The van der Waals surface area contributed by atoms with Gasteiger partial charge in [-0.1, -0.05) is 65.7 Å². The lowest BCUT2D eigenvalue weighted by Crippen LogP contribution is -2.13. The van der Waals surface area contributed by atoms with E-state index in [9.17, 15) is 10.1 Å². The van der Waals surface area contributed by atoms with Crippen molar-refractivity contribution in [2.24, 2.45) is 0 Å². The minimum atomic E-state index is -0.744. The largest absolute Gasteiger partial charge is 0.422 e. The first-order chi connectivity index (χ1) is 13.5. The maximum absolute atomic E-state index is 12.9. The number of halogens is 2. The van der Waals surface area contributed by atoms with Gasteiger partial charge in [0.25, 0.3) is 0 Å². The third-order valence-corrected chi connectivity index (χ3v) is 4.56. The average molecular weight is 408 g/mol. The molecule has 3 aromatic carbocycles. The number of carbonyl (C=O) groups is 1. The Morgan fingerprint density at radius 2 is 1.46 bits per heavy atom. The molecule has 0 aliphatic rings. The van der Waals surface area contributed by atoms with Gasteiger partial charge < -0.3 is 4.74 Å². The van der Waals surface area contributed by atoms with E-state index in [1.807, 2.05) is 25.1 Å². The van der Waals surface area contributed by atoms with Crippen molar-refractivity contribution < 1.29 is 9.53 Å². The molecule has 0 bridgehead atoms. The molecule has 3 rings (SSSR count). The summed E-state index contributed by atoms with van der Waals surface area (Å²) in [6.45, 7) is 1.83. The smallest absolute Gasteiger partial charge is 0.354 e. The normalized spacial score (nSPS) is 10.1. The van der Waals surface area contributed by atoms with Gasteiger partial charge in [-0.05, 0) is 53.9 Å². The molecule has 0 fully saturated rings. The summed E-state index contributed by atoms with van der Waals surface area (Å²) in [5, 5.41) is 10.8. The van der Waals surface area contributed by atoms with E-state index in [1.54, 1.807) is 60.7 Å². The molecule has 5 heteroatoms. The zero-order valence-corrected chi connectivity index (χ0v) is 16.5. The van der Waals surface area contributed by atoms with Crippen LogP contribution in [0, 0.1) is 18.3 Å². The van der Waals surface area contributed by atoms with E-state index >= 15 is 0 Å². The lowest BCUT2D eigenvalue weighted by Gasteiger charge is -2.13. The SMILES string of the molecule is Cc1ccccc1OC(=O)C(C#N)=C(c1cccc(Cl)c1)c1cccc(Cl)c1. The molecule has 0 saturated heterocycles. The summed E-state index contributed by atoms with van der Waals surface area (Å²) in [6.07, 6.45) is 0. The van der Waals surface area contributed by atoms with Gasteiger partial charge in [0.15, 0.2) is 0 Å². The summed E-state index contributed by atoms with van der Waals surface area (Å²) in [7, 11) is 0. The maximum atomic E-state index is 12.9. The molecule has 0 aliphatic heterocycles. The van der Waals surface area contributed by atoms with E-state index in [2.05, 4.69) is 0 Å². The number of rotatable bonds is 4. The van der Waals surface area contributed by atoms with Crippen molar-refractivity contribution in [2.45, 2.75) is 6.92 Å². The van der Waals surface area contributed by atoms with Crippen LogP contribution in [-0.2, 0) is 4.79 Å². The second-order valence-electron chi connectivity index (χ2n) is 6.04. The van der Waals surface area contributed by atoms with Gasteiger partial charge in [-0.25, -0.2) is 4.79 Å². The number of hydrogen-bond donors (Lipinski definition) is 0. The van der Waals surface area contributed by atoms with E-state index < -0.39 is 5.97 Å². The summed E-state index contributed by atoms with van der Waals surface area (Å²) in [4.78, 5) is 12.9. The number of nitriles is 1. The highest BCUT2D eigenvalue weighted by Gasteiger charge is 2.21. The number of ether oxygens (including phenoxy) is 1. The van der Waals surface area contributed by atoms with Crippen molar-refractivity contribution in [3.63, 3.8) is 0 Å². The number of aryl methyl sites for hydroxylation is 1. The van der Waals surface area contributed by atoms with Crippen molar-refractivity contribution in [3.8, 4) is 11.8 Å². The fourth-order valence-electron chi connectivity index (χ4n) is 2.77. The predicted molar refractivity (Wildman–Crippen MR) is 111 cm³/mol. The summed E-state index contributed by atoms with van der Waals surface area (Å²) < 4.78 is 5.50. The van der Waals surface area contributed by atoms with Crippen LogP contribution in [0.3, 0.4) is 0 Å². The van der Waals surface area contributed by atoms with E-state index in [0.29, 0.717) is 32.5 Å².